The number of nitrogens with one attached hydrogen (secondary N) is 1. The third-order valence-corrected chi connectivity index (χ3v) is 3.37. The van der Waals surface area contributed by atoms with Gasteiger partial charge in [-0.2, -0.15) is 0 Å². The maximum Gasteiger partial charge on any atom is 0.157 e. The van der Waals surface area contributed by atoms with Gasteiger partial charge in [0, 0.05) is 5.56 Å². The predicted molar refractivity (Wildman–Crippen MR) is 53.1 cm³/mol. The maximum absolute atomic E-state index is 5.46. The van der Waals surface area contributed by atoms with Crippen LogP contribution in [0.3, 0.4) is 0 Å². The van der Waals surface area contributed by atoms with Gasteiger partial charge in [0.2, 0.25) is 0 Å². The fourth-order valence-corrected chi connectivity index (χ4v) is 2.60. The lowest BCUT2D eigenvalue weighted by atomic mass is 9.99. The lowest BCUT2D eigenvalue weighted by Crippen LogP contribution is -2.27. The number of aryl methyl sites for hydroxylation is 1. The Labute approximate surface area is 83.9 Å². The second kappa shape index (κ2) is 3.39. The van der Waals surface area contributed by atoms with Gasteiger partial charge < -0.3 is 9.84 Å². The minimum absolute atomic E-state index is 0.443. The van der Waals surface area contributed by atoms with Crippen molar-refractivity contribution in [3.8, 4) is 0 Å². The molecule has 0 spiro atoms. The van der Waals surface area contributed by atoms with Crippen LogP contribution in [0.1, 0.15) is 48.7 Å². The van der Waals surface area contributed by atoms with Gasteiger partial charge in [0.05, 0.1) is 11.7 Å². The van der Waals surface area contributed by atoms with Crippen LogP contribution in [0.5, 0.6) is 0 Å². The van der Waals surface area contributed by atoms with Crippen LogP contribution >= 0.6 is 0 Å². The van der Waals surface area contributed by atoms with Crippen LogP contribution < -0.4 is 5.32 Å². The monoisotopic (exact) mass is 192 g/mol. The third-order valence-electron chi connectivity index (χ3n) is 3.37. The first-order chi connectivity index (χ1) is 6.95. The second-order valence-electron chi connectivity index (χ2n) is 4.33. The Hall–Kier alpha value is -0.830. The fraction of sp³-hybridized carbons (Fsp3) is 0.727. The zero-order chi connectivity index (χ0) is 9.38. The third kappa shape index (κ3) is 1.27. The Balaban J connectivity index is 1.88. The summed E-state index contributed by atoms with van der Waals surface area (Å²) < 4.78 is 5.46. The number of hydrogen-bond acceptors (Lipinski definition) is 3. The summed E-state index contributed by atoms with van der Waals surface area (Å²) in [7, 11) is 0. The molecule has 1 aromatic heterocycles. The average Bonchev–Trinajstić information content (AvgIpc) is 2.79. The zero-order valence-corrected chi connectivity index (χ0v) is 8.38. The van der Waals surface area contributed by atoms with Gasteiger partial charge in [-0.25, -0.2) is 0 Å². The smallest absolute Gasteiger partial charge is 0.157 e. The Bertz CT molecular complexity index is 326. The Kier molecular flexibility index (Phi) is 2.05. The molecule has 1 aromatic rings. The van der Waals surface area contributed by atoms with Gasteiger partial charge in [-0.15, -0.1) is 0 Å². The molecule has 1 aliphatic carbocycles. The molecule has 1 aliphatic heterocycles. The minimum Gasteiger partial charge on any atom is -0.359 e. The quantitative estimate of drug-likeness (QED) is 0.739. The summed E-state index contributed by atoms with van der Waals surface area (Å²) in [4.78, 5) is 0. The summed E-state index contributed by atoms with van der Waals surface area (Å²) in [5.41, 5.74) is 2.62. The Morgan fingerprint density at radius 1 is 1.21 bits per heavy atom. The van der Waals surface area contributed by atoms with Crippen molar-refractivity contribution in [3.63, 3.8) is 0 Å². The highest BCUT2D eigenvalue weighted by atomic mass is 16.5. The summed E-state index contributed by atoms with van der Waals surface area (Å²) in [6.45, 7) is 1.13. The van der Waals surface area contributed by atoms with Crippen molar-refractivity contribution in [2.45, 2.75) is 44.6 Å². The van der Waals surface area contributed by atoms with E-state index in [2.05, 4.69) is 10.5 Å². The number of nitrogens with zero attached hydrogens (tertiary/aromatic N) is 1. The summed E-state index contributed by atoms with van der Waals surface area (Å²) in [5.74, 6) is 1.14. The van der Waals surface area contributed by atoms with Gasteiger partial charge in [-0.1, -0.05) is 11.6 Å². The number of rotatable bonds is 1. The van der Waals surface area contributed by atoms with E-state index in [1.54, 1.807) is 0 Å². The largest absolute Gasteiger partial charge is 0.359 e. The highest BCUT2D eigenvalue weighted by Gasteiger charge is 2.27. The van der Waals surface area contributed by atoms with Crippen molar-refractivity contribution in [1.29, 1.82) is 0 Å². The molecule has 76 valence electrons. The molecule has 0 amide bonds. The number of piperidine rings is 1. The molecule has 0 bridgehead atoms. The van der Waals surface area contributed by atoms with Crippen molar-refractivity contribution in [3.05, 3.63) is 17.0 Å². The summed E-state index contributed by atoms with van der Waals surface area (Å²) in [5, 5.41) is 7.67. The molecule has 1 N–H and O–H groups in total. The molecule has 0 aromatic carbocycles. The van der Waals surface area contributed by atoms with E-state index < -0.39 is 0 Å². The first kappa shape index (κ1) is 8.48. The van der Waals surface area contributed by atoms with Crippen molar-refractivity contribution < 1.29 is 4.52 Å². The molecule has 0 saturated carbocycles. The van der Waals surface area contributed by atoms with Crippen LogP contribution in [0.25, 0.3) is 0 Å². The first-order valence-corrected chi connectivity index (χ1v) is 5.66. The van der Waals surface area contributed by atoms with E-state index in [-0.39, 0.29) is 0 Å². The number of hydrogen-bond donors (Lipinski definition) is 1. The summed E-state index contributed by atoms with van der Waals surface area (Å²) in [6, 6.07) is 0.443. The molecule has 1 atom stereocenters. The molecular formula is C11H16N2O. The van der Waals surface area contributed by atoms with E-state index in [4.69, 9.17) is 4.52 Å². The van der Waals surface area contributed by atoms with Crippen LogP contribution in [0.4, 0.5) is 0 Å². The van der Waals surface area contributed by atoms with Crippen LogP contribution in [-0.2, 0) is 12.8 Å². The number of fused-ring (bicyclic) bond motifs is 1. The maximum atomic E-state index is 5.46. The van der Waals surface area contributed by atoms with Gasteiger partial charge in [0.25, 0.3) is 0 Å². The average molecular weight is 192 g/mol. The molecule has 0 radical (unpaired) electrons. The van der Waals surface area contributed by atoms with E-state index >= 15 is 0 Å². The highest BCUT2D eigenvalue weighted by molar-refractivity contribution is 5.29. The van der Waals surface area contributed by atoms with Gasteiger partial charge in [0.1, 0.15) is 0 Å². The Morgan fingerprint density at radius 2 is 2.21 bits per heavy atom. The van der Waals surface area contributed by atoms with E-state index in [0.717, 1.165) is 18.7 Å². The van der Waals surface area contributed by atoms with Gasteiger partial charge >= 0.3 is 0 Å². The van der Waals surface area contributed by atoms with Crippen molar-refractivity contribution in [2.24, 2.45) is 0 Å². The molecule has 2 heterocycles. The fourth-order valence-electron chi connectivity index (χ4n) is 2.60. The van der Waals surface area contributed by atoms with Crippen LogP contribution in [-0.4, -0.2) is 11.7 Å². The Morgan fingerprint density at radius 3 is 3.07 bits per heavy atom. The predicted octanol–water partition coefficient (Wildman–Crippen LogP) is 1.98. The molecule has 3 heteroatoms. The lowest BCUT2D eigenvalue weighted by Gasteiger charge is -2.21. The van der Waals surface area contributed by atoms with Gasteiger partial charge in [-0.3, -0.25) is 0 Å². The van der Waals surface area contributed by atoms with Crippen molar-refractivity contribution in [1.82, 2.24) is 10.5 Å². The second-order valence-corrected chi connectivity index (χ2v) is 4.33. The SMILES string of the molecule is C1CCC(c2onc3c2CCC3)NC1. The lowest BCUT2D eigenvalue weighted by molar-refractivity contribution is 0.299. The normalized spacial score (nSPS) is 26.4. The van der Waals surface area contributed by atoms with E-state index in [0.29, 0.717) is 6.04 Å². The van der Waals surface area contributed by atoms with Gasteiger partial charge in [0.15, 0.2) is 5.76 Å². The van der Waals surface area contributed by atoms with E-state index in [1.165, 1.54) is 43.4 Å². The molecule has 1 fully saturated rings. The molecule has 1 unspecified atom stereocenters. The molecule has 3 rings (SSSR count). The van der Waals surface area contributed by atoms with E-state index in [9.17, 15) is 0 Å². The van der Waals surface area contributed by atoms with Gasteiger partial charge in [-0.05, 0) is 38.6 Å². The first-order valence-electron chi connectivity index (χ1n) is 5.66. The van der Waals surface area contributed by atoms with Crippen LogP contribution in [0.2, 0.25) is 0 Å². The zero-order valence-electron chi connectivity index (χ0n) is 8.38. The summed E-state index contributed by atoms with van der Waals surface area (Å²) in [6.07, 6.45) is 7.37. The molecule has 1 saturated heterocycles. The minimum atomic E-state index is 0.443. The van der Waals surface area contributed by atoms with Crippen LogP contribution in [0, 0.1) is 0 Å². The standard InChI is InChI=1S/C11H16N2O/c1-2-7-12-10(5-1)11-8-4-3-6-9(8)13-14-11/h10,12H,1-7H2. The van der Waals surface area contributed by atoms with Crippen molar-refractivity contribution >= 4 is 0 Å². The molecule has 3 nitrogen and oxygen atoms in total. The highest BCUT2D eigenvalue weighted by Crippen LogP contribution is 2.32. The molecule has 14 heavy (non-hydrogen) atoms. The molecular weight excluding hydrogens is 176 g/mol. The van der Waals surface area contributed by atoms with Crippen molar-refractivity contribution in [2.75, 3.05) is 6.54 Å². The topological polar surface area (TPSA) is 38.1 Å². The number of aromatic nitrogens is 1. The summed E-state index contributed by atoms with van der Waals surface area (Å²) >= 11 is 0. The van der Waals surface area contributed by atoms with E-state index in [1.807, 2.05) is 0 Å². The molecule has 2 aliphatic rings. The van der Waals surface area contributed by atoms with Crippen LogP contribution in [0.15, 0.2) is 4.52 Å².